The van der Waals surface area contributed by atoms with Gasteiger partial charge < -0.3 is 10.4 Å². The fourth-order valence-electron chi connectivity index (χ4n) is 3.93. The van der Waals surface area contributed by atoms with E-state index in [0.717, 1.165) is 28.9 Å². The van der Waals surface area contributed by atoms with Crippen molar-refractivity contribution in [2.75, 3.05) is 6.54 Å². The molecule has 0 aromatic heterocycles. The number of hydrogen-bond acceptors (Lipinski definition) is 3. The summed E-state index contributed by atoms with van der Waals surface area (Å²) < 4.78 is 0. The molecule has 2 aromatic carbocycles. The predicted molar refractivity (Wildman–Crippen MR) is 92.7 cm³/mol. The van der Waals surface area contributed by atoms with Crippen molar-refractivity contribution in [1.29, 1.82) is 0 Å². The quantitative estimate of drug-likeness (QED) is 0.846. The summed E-state index contributed by atoms with van der Waals surface area (Å²) >= 11 is 0. The third-order valence-electron chi connectivity index (χ3n) is 5.19. The Hall–Kier alpha value is -2.66. The van der Waals surface area contributed by atoms with E-state index in [9.17, 15) is 14.7 Å². The lowest BCUT2D eigenvalue weighted by molar-refractivity contribution is -0.133. The summed E-state index contributed by atoms with van der Waals surface area (Å²) in [5.41, 5.74) is 1.69. The standard InChI is InChI=1S/C20H20N2O3/c23-17(15-8-2-1-3-9-15)13-22-18(24)20(21-19(22)25)12-6-10-14-7-4-5-11-16(14)20/h1-5,7-9,11,17,23H,6,10,12-13H2,(H,21,25)/t17-,20-/m1/s1. The number of β-amino-alcohol motifs (C(OH)–C–C–N with tert-alkyl or cyclic N) is 1. The van der Waals surface area contributed by atoms with Gasteiger partial charge in [0, 0.05) is 0 Å². The van der Waals surface area contributed by atoms with Gasteiger partial charge in [-0.2, -0.15) is 0 Å². The molecule has 128 valence electrons. The average molecular weight is 336 g/mol. The number of aryl methyl sites for hydroxylation is 1. The van der Waals surface area contributed by atoms with Crippen molar-refractivity contribution in [3.63, 3.8) is 0 Å². The molecule has 4 rings (SSSR count). The number of aliphatic hydroxyl groups is 1. The number of carbonyl (C=O) groups is 2. The molecule has 0 bridgehead atoms. The third-order valence-corrected chi connectivity index (χ3v) is 5.19. The van der Waals surface area contributed by atoms with E-state index >= 15 is 0 Å². The normalized spacial score (nSPS) is 23.5. The predicted octanol–water partition coefficient (Wildman–Crippen LogP) is 2.50. The van der Waals surface area contributed by atoms with E-state index in [0.29, 0.717) is 12.0 Å². The molecule has 25 heavy (non-hydrogen) atoms. The number of urea groups is 1. The number of aliphatic hydroxyl groups excluding tert-OH is 1. The number of carbonyl (C=O) groups excluding carboxylic acids is 2. The summed E-state index contributed by atoms with van der Waals surface area (Å²) in [6, 6.07) is 16.4. The second-order valence-electron chi connectivity index (χ2n) is 6.69. The van der Waals surface area contributed by atoms with Crippen molar-refractivity contribution in [2.45, 2.75) is 30.9 Å². The average Bonchev–Trinajstić information content (AvgIpc) is 2.88. The lowest BCUT2D eigenvalue weighted by atomic mass is 9.76. The Morgan fingerprint density at radius 3 is 2.60 bits per heavy atom. The van der Waals surface area contributed by atoms with Crippen molar-refractivity contribution < 1.29 is 14.7 Å². The first kappa shape index (κ1) is 15.8. The highest BCUT2D eigenvalue weighted by Gasteiger charge is 2.54. The molecule has 0 radical (unpaired) electrons. The van der Waals surface area contributed by atoms with Crippen LogP contribution in [0, 0.1) is 0 Å². The molecular formula is C20H20N2O3. The molecule has 2 aliphatic rings. The van der Waals surface area contributed by atoms with Crippen LogP contribution in [-0.4, -0.2) is 28.5 Å². The summed E-state index contributed by atoms with van der Waals surface area (Å²) in [4.78, 5) is 26.8. The van der Waals surface area contributed by atoms with Gasteiger partial charge in [-0.1, -0.05) is 54.6 Å². The fourth-order valence-corrected chi connectivity index (χ4v) is 3.93. The van der Waals surface area contributed by atoms with Crippen molar-refractivity contribution >= 4 is 11.9 Å². The minimum atomic E-state index is -0.984. The molecule has 2 aromatic rings. The van der Waals surface area contributed by atoms with Gasteiger partial charge in [0.2, 0.25) is 0 Å². The van der Waals surface area contributed by atoms with Crippen LogP contribution in [0.2, 0.25) is 0 Å². The largest absolute Gasteiger partial charge is 0.387 e. The highest BCUT2D eigenvalue weighted by Crippen LogP contribution is 2.40. The number of hydrogen-bond donors (Lipinski definition) is 2. The molecule has 3 amide bonds. The van der Waals surface area contributed by atoms with E-state index in [1.807, 2.05) is 42.5 Å². The van der Waals surface area contributed by atoms with Crippen molar-refractivity contribution in [3.8, 4) is 0 Å². The smallest absolute Gasteiger partial charge is 0.325 e. The van der Waals surface area contributed by atoms with Crippen LogP contribution in [0.3, 0.4) is 0 Å². The minimum absolute atomic E-state index is 0.0431. The number of amides is 3. The summed E-state index contributed by atoms with van der Waals surface area (Å²) in [5, 5.41) is 13.3. The molecule has 5 nitrogen and oxygen atoms in total. The van der Waals surface area contributed by atoms with Crippen LogP contribution in [0.4, 0.5) is 4.79 Å². The van der Waals surface area contributed by atoms with Crippen LogP contribution < -0.4 is 5.32 Å². The summed E-state index contributed by atoms with van der Waals surface area (Å²) in [5.74, 6) is -0.264. The molecule has 5 heteroatoms. The highest BCUT2D eigenvalue weighted by molar-refractivity contribution is 6.07. The number of imide groups is 1. The highest BCUT2D eigenvalue weighted by atomic mass is 16.3. The van der Waals surface area contributed by atoms with Gasteiger partial charge in [0.1, 0.15) is 5.54 Å². The molecule has 2 atom stereocenters. The van der Waals surface area contributed by atoms with Crippen LogP contribution in [0.25, 0.3) is 0 Å². The summed E-state index contributed by atoms with van der Waals surface area (Å²) in [6.07, 6.45) is 1.45. The number of benzene rings is 2. The van der Waals surface area contributed by atoms with Crippen LogP contribution in [0.1, 0.15) is 35.6 Å². The van der Waals surface area contributed by atoms with E-state index < -0.39 is 17.7 Å². The number of nitrogens with zero attached hydrogens (tertiary/aromatic N) is 1. The summed E-state index contributed by atoms with van der Waals surface area (Å²) in [6.45, 7) is -0.0431. The number of nitrogens with one attached hydrogen (secondary N) is 1. The zero-order valence-electron chi connectivity index (χ0n) is 13.8. The molecule has 1 heterocycles. The second kappa shape index (κ2) is 6.01. The molecular weight excluding hydrogens is 316 g/mol. The van der Waals surface area contributed by atoms with Gasteiger partial charge in [0.05, 0.1) is 12.6 Å². The van der Waals surface area contributed by atoms with Gasteiger partial charge in [0.15, 0.2) is 0 Å². The van der Waals surface area contributed by atoms with Gasteiger partial charge in [-0.25, -0.2) is 4.79 Å². The lowest BCUT2D eigenvalue weighted by Gasteiger charge is -2.33. The van der Waals surface area contributed by atoms with E-state index in [1.54, 1.807) is 12.1 Å². The van der Waals surface area contributed by atoms with Gasteiger partial charge in [-0.3, -0.25) is 9.69 Å². The van der Waals surface area contributed by atoms with Gasteiger partial charge >= 0.3 is 6.03 Å². The molecule has 1 fully saturated rings. The molecule has 1 saturated heterocycles. The van der Waals surface area contributed by atoms with Gasteiger partial charge in [-0.15, -0.1) is 0 Å². The first-order valence-electron chi connectivity index (χ1n) is 8.57. The Balaban J connectivity index is 1.63. The van der Waals surface area contributed by atoms with Crippen molar-refractivity contribution in [1.82, 2.24) is 10.2 Å². The van der Waals surface area contributed by atoms with Crippen molar-refractivity contribution in [3.05, 3.63) is 71.3 Å². The maximum Gasteiger partial charge on any atom is 0.325 e. The van der Waals surface area contributed by atoms with E-state index in [4.69, 9.17) is 0 Å². The molecule has 0 saturated carbocycles. The second-order valence-corrected chi connectivity index (χ2v) is 6.69. The first-order valence-corrected chi connectivity index (χ1v) is 8.57. The van der Waals surface area contributed by atoms with E-state index in [2.05, 4.69) is 5.32 Å². The Morgan fingerprint density at radius 1 is 1.08 bits per heavy atom. The van der Waals surface area contributed by atoms with Gasteiger partial charge in [0.25, 0.3) is 5.91 Å². The first-order chi connectivity index (χ1) is 12.1. The van der Waals surface area contributed by atoms with Crippen molar-refractivity contribution in [2.24, 2.45) is 0 Å². The van der Waals surface area contributed by atoms with Gasteiger partial charge in [-0.05, 0) is 36.0 Å². The molecule has 0 unspecified atom stereocenters. The Labute approximate surface area is 146 Å². The summed E-state index contributed by atoms with van der Waals surface area (Å²) in [7, 11) is 0. The van der Waals surface area contributed by atoms with Crippen LogP contribution >= 0.6 is 0 Å². The third kappa shape index (κ3) is 2.51. The molecule has 1 aliphatic carbocycles. The number of rotatable bonds is 3. The van der Waals surface area contributed by atoms with E-state index in [1.165, 1.54) is 0 Å². The van der Waals surface area contributed by atoms with Crippen LogP contribution in [0.15, 0.2) is 54.6 Å². The maximum atomic E-state index is 13.2. The molecule has 1 aliphatic heterocycles. The fraction of sp³-hybridized carbons (Fsp3) is 0.300. The zero-order valence-corrected chi connectivity index (χ0v) is 13.8. The molecule has 1 spiro atoms. The topological polar surface area (TPSA) is 69.6 Å². The Morgan fingerprint density at radius 2 is 1.80 bits per heavy atom. The Kier molecular flexibility index (Phi) is 3.81. The lowest BCUT2D eigenvalue weighted by Crippen LogP contribution is -2.46. The van der Waals surface area contributed by atoms with Crippen LogP contribution in [0.5, 0.6) is 0 Å². The SMILES string of the molecule is O=C1N[C@@]2(CCCc3ccccc32)C(=O)N1C[C@@H](O)c1ccccc1. The minimum Gasteiger partial charge on any atom is -0.387 e. The molecule has 2 N–H and O–H groups in total. The Bertz CT molecular complexity index is 821. The van der Waals surface area contributed by atoms with E-state index in [-0.39, 0.29) is 12.5 Å². The maximum absolute atomic E-state index is 13.2. The number of fused-ring (bicyclic) bond motifs is 2. The zero-order chi connectivity index (χ0) is 17.4. The monoisotopic (exact) mass is 336 g/mol. The van der Waals surface area contributed by atoms with Crippen LogP contribution in [-0.2, 0) is 16.8 Å².